The highest BCUT2D eigenvalue weighted by Crippen LogP contribution is 2.31. The first kappa shape index (κ1) is 17.7. The Hall–Kier alpha value is -2.08. The minimum absolute atomic E-state index is 0.143. The third-order valence-electron chi connectivity index (χ3n) is 3.32. The van der Waals surface area contributed by atoms with Crippen molar-refractivity contribution in [1.82, 2.24) is 4.98 Å². The molecule has 1 aromatic heterocycles. The van der Waals surface area contributed by atoms with Crippen LogP contribution < -0.4 is 9.64 Å². The van der Waals surface area contributed by atoms with Crippen LogP contribution >= 0.6 is 34.5 Å². The minimum Gasteiger partial charge on any atom is -0.486 e. The number of benzene rings is 2. The molecule has 7 heteroatoms. The third-order valence-corrected chi connectivity index (χ3v) is 4.75. The zero-order valence-electron chi connectivity index (χ0n) is 13.3. The fraction of sp³-hybridized carbons (Fsp3) is 0.111. The van der Waals surface area contributed by atoms with Gasteiger partial charge in [-0.3, -0.25) is 9.69 Å². The molecule has 0 bridgehead atoms. The van der Waals surface area contributed by atoms with Gasteiger partial charge in [-0.1, -0.05) is 41.4 Å². The molecule has 25 heavy (non-hydrogen) atoms. The lowest BCUT2D eigenvalue weighted by Gasteiger charge is -2.18. The van der Waals surface area contributed by atoms with E-state index in [1.165, 1.54) is 23.2 Å². The number of thiazole rings is 1. The molecule has 0 spiro atoms. The standard InChI is InChI=1S/C18H14Cl2N2O2S/c1-12(23)22(15-6-4-5-13(19)9-15)18-21-14(11-25-18)10-24-17-8-3-2-7-16(17)20/h2-9,11H,10H2,1H3. The Kier molecular flexibility index (Phi) is 5.58. The van der Waals surface area contributed by atoms with Crippen LogP contribution in [-0.2, 0) is 11.4 Å². The Bertz CT molecular complexity index is 898. The average Bonchev–Trinajstić information content (AvgIpc) is 3.02. The molecular weight excluding hydrogens is 379 g/mol. The SMILES string of the molecule is CC(=O)N(c1cccc(Cl)c1)c1nc(COc2ccccc2Cl)cs1. The van der Waals surface area contributed by atoms with E-state index in [0.29, 0.717) is 32.3 Å². The van der Waals surface area contributed by atoms with Gasteiger partial charge < -0.3 is 4.74 Å². The number of rotatable bonds is 5. The number of hydrogen-bond acceptors (Lipinski definition) is 4. The van der Waals surface area contributed by atoms with Crippen LogP contribution in [0.3, 0.4) is 0 Å². The lowest BCUT2D eigenvalue weighted by Crippen LogP contribution is -2.22. The summed E-state index contributed by atoms with van der Waals surface area (Å²) in [5, 5.41) is 3.52. The summed E-state index contributed by atoms with van der Waals surface area (Å²) in [6, 6.07) is 14.3. The fourth-order valence-electron chi connectivity index (χ4n) is 2.22. The summed E-state index contributed by atoms with van der Waals surface area (Å²) in [5.74, 6) is 0.451. The molecule has 0 aliphatic rings. The van der Waals surface area contributed by atoms with Crippen LogP contribution in [0.25, 0.3) is 0 Å². The minimum atomic E-state index is -0.143. The van der Waals surface area contributed by atoms with Gasteiger partial charge in [0.25, 0.3) is 0 Å². The van der Waals surface area contributed by atoms with Crippen molar-refractivity contribution in [2.75, 3.05) is 4.90 Å². The lowest BCUT2D eigenvalue weighted by molar-refractivity contribution is -0.115. The fourth-order valence-corrected chi connectivity index (χ4v) is 3.47. The second-order valence-electron chi connectivity index (χ2n) is 5.17. The van der Waals surface area contributed by atoms with Crippen molar-refractivity contribution >= 4 is 51.3 Å². The van der Waals surface area contributed by atoms with E-state index in [1.54, 1.807) is 30.3 Å². The number of para-hydroxylation sites is 1. The molecule has 0 aliphatic heterocycles. The predicted octanol–water partition coefficient (Wildman–Crippen LogP) is 5.71. The van der Waals surface area contributed by atoms with Gasteiger partial charge in [-0.15, -0.1) is 11.3 Å². The molecule has 0 saturated carbocycles. The first-order valence-corrected chi connectivity index (χ1v) is 9.06. The van der Waals surface area contributed by atoms with Gasteiger partial charge in [-0.05, 0) is 30.3 Å². The molecule has 0 radical (unpaired) electrons. The van der Waals surface area contributed by atoms with Crippen LogP contribution in [0.15, 0.2) is 53.9 Å². The maximum Gasteiger partial charge on any atom is 0.230 e. The van der Waals surface area contributed by atoms with Gasteiger partial charge in [-0.25, -0.2) is 4.98 Å². The number of nitrogens with zero attached hydrogens (tertiary/aromatic N) is 2. The Morgan fingerprint density at radius 1 is 1.20 bits per heavy atom. The Morgan fingerprint density at radius 3 is 2.72 bits per heavy atom. The van der Waals surface area contributed by atoms with E-state index in [2.05, 4.69) is 4.98 Å². The number of carbonyl (C=O) groups excluding carboxylic acids is 1. The van der Waals surface area contributed by atoms with E-state index < -0.39 is 0 Å². The van der Waals surface area contributed by atoms with Crippen molar-refractivity contribution < 1.29 is 9.53 Å². The number of anilines is 2. The number of hydrogen-bond donors (Lipinski definition) is 0. The normalized spacial score (nSPS) is 10.5. The second-order valence-corrected chi connectivity index (χ2v) is 6.86. The summed E-state index contributed by atoms with van der Waals surface area (Å²) < 4.78 is 5.69. The number of carbonyl (C=O) groups is 1. The quantitative estimate of drug-likeness (QED) is 0.557. The summed E-state index contributed by atoms with van der Waals surface area (Å²) in [5.41, 5.74) is 1.39. The largest absolute Gasteiger partial charge is 0.486 e. The van der Waals surface area contributed by atoms with E-state index in [9.17, 15) is 4.79 Å². The number of aromatic nitrogens is 1. The average molecular weight is 393 g/mol. The van der Waals surface area contributed by atoms with E-state index in [4.69, 9.17) is 27.9 Å². The van der Waals surface area contributed by atoms with Crippen molar-refractivity contribution in [2.45, 2.75) is 13.5 Å². The van der Waals surface area contributed by atoms with Gasteiger partial charge in [0.15, 0.2) is 5.13 Å². The molecule has 3 rings (SSSR count). The van der Waals surface area contributed by atoms with Crippen molar-refractivity contribution in [3.05, 3.63) is 69.7 Å². The molecule has 0 N–H and O–H groups in total. The van der Waals surface area contributed by atoms with Gasteiger partial charge in [0.05, 0.1) is 16.4 Å². The molecule has 1 heterocycles. The highest BCUT2D eigenvalue weighted by Gasteiger charge is 2.18. The molecule has 3 aromatic rings. The molecule has 4 nitrogen and oxygen atoms in total. The molecule has 2 aromatic carbocycles. The Morgan fingerprint density at radius 2 is 2.00 bits per heavy atom. The highest BCUT2D eigenvalue weighted by molar-refractivity contribution is 7.14. The van der Waals surface area contributed by atoms with Crippen molar-refractivity contribution in [2.24, 2.45) is 0 Å². The van der Waals surface area contributed by atoms with Crippen LogP contribution in [0.1, 0.15) is 12.6 Å². The van der Waals surface area contributed by atoms with E-state index in [-0.39, 0.29) is 12.5 Å². The monoisotopic (exact) mass is 392 g/mol. The molecule has 0 saturated heterocycles. The number of amides is 1. The van der Waals surface area contributed by atoms with Gasteiger partial charge >= 0.3 is 0 Å². The van der Waals surface area contributed by atoms with E-state index in [0.717, 1.165) is 0 Å². The summed E-state index contributed by atoms with van der Waals surface area (Å²) in [7, 11) is 0. The summed E-state index contributed by atoms with van der Waals surface area (Å²) in [4.78, 5) is 18.1. The van der Waals surface area contributed by atoms with E-state index in [1.807, 2.05) is 23.6 Å². The molecule has 0 aliphatic carbocycles. The molecule has 128 valence electrons. The van der Waals surface area contributed by atoms with Crippen LogP contribution in [0.4, 0.5) is 10.8 Å². The highest BCUT2D eigenvalue weighted by atomic mass is 35.5. The first-order chi connectivity index (χ1) is 12.0. The Balaban J connectivity index is 1.79. The van der Waals surface area contributed by atoms with Gasteiger partial charge in [0, 0.05) is 17.3 Å². The summed E-state index contributed by atoms with van der Waals surface area (Å²) >= 11 is 13.5. The maximum atomic E-state index is 12.1. The second kappa shape index (κ2) is 7.87. The van der Waals surface area contributed by atoms with Crippen LogP contribution in [0.5, 0.6) is 5.75 Å². The molecular formula is C18H14Cl2N2O2S. The third kappa shape index (κ3) is 4.31. The smallest absolute Gasteiger partial charge is 0.230 e. The van der Waals surface area contributed by atoms with Crippen LogP contribution in [0.2, 0.25) is 10.0 Å². The Labute approximate surface area is 159 Å². The van der Waals surface area contributed by atoms with E-state index >= 15 is 0 Å². The number of ether oxygens (including phenoxy) is 1. The number of halogens is 2. The van der Waals surface area contributed by atoms with Crippen molar-refractivity contribution in [1.29, 1.82) is 0 Å². The molecule has 1 amide bonds. The lowest BCUT2D eigenvalue weighted by atomic mass is 10.3. The molecule has 0 unspecified atom stereocenters. The van der Waals surface area contributed by atoms with Gasteiger partial charge in [0.2, 0.25) is 5.91 Å². The predicted molar refractivity (Wildman–Crippen MR) is 102 cm³/mol. The van der Waals surface area contributed by atoms with Crippen molar-refractivity contribution in [3.63, 3.8) is 0 Å². The molecule has 0 atom stereocenters. The topological polar surface area (TPSA) is 42.4 Å². The van der Waals surface area contributed by atoms with Crippen molar-refractivity contribution in [3.8, 4) is 5.75 Å². The van der Waals surface area contributed by atoms with Crippen LogP contribution in [-0.4, -0.2) is 10.9 Å². The zero-order valence-corrected chi connectivity index (χ0v) is 15.6. The first-order valence-electron chi connectivity index (χ1n) is 7.42. The van der Waals surface area contributed by atoms with Gasteiger partial charge in [-0.2, -0.15) is 0 Å². The summed E-state index contributed by atoms with van der Waals surface area (Å²) in [6.45, 7) is 1.75. The zero-order chi connectivity index (χ0) is 17.8. The van der Waals surface area contributed by atoms with Gasteiger partial charge in [0.1, 0.15) is 12.4 Å². The van der Waals surface area contributed by atoms with Crippen LogP contribution in [0, 0.1) is 0 Å². The molecule has 0 fully saturated rings. The maximum absolute atomic E-state index is 12.1. The summed E-state index contributed by atoms with van der Waals surface area (Å²) in [6.07, 6.45) is 0.